The Hall–Kier alpha value is -2.14. The Morgan fingerprint density at radius 2 is 2.14 bits per heavy atom. The first kappa shape index (κ1) is 15.3. The molecular formula is C15H15ClN2O3. The summed E-state index contributed by atoms with van der Waals surface area (Å²) < 4.78 is 9.76. The topological polar surface area (TPSA) is 61.3 Å². The Morgan fingerprint density at radius 1 is 1.33 bits per heavy atom. The predicted octanol–water partition coefficient (Wildman–Crippen LogP) is 2.91. The van der Waals surface area contributed by atoms with Gasteiger partial charge in [0.05, 0.1) is 14.2 Å². The van der Waals surface area contributed by atoms with Crippen LogP contribution in [0.15, 0.2) is 30.5 Å². The van der Waals surface area contributed by atoms with Crippen LogP contribution < -0.4 is 4.74 Å². The summed E-state index contributed by atoms with van der Waals surface area (Å²) in [6, 6.07) is 7.41. The molecule has 21 heavy (non-hydrogen) atoms. The highest BCUT2D eigenvalue weighted by molar-refractivity contribution is 6.30. The van der Waals surface area contributed by atoms with E-state index in [-0.39, 0.29) is 12.4 Å². The van der Waals surface area contributed by atoms with Crippen LogP contribution in [0.3, 0.4) is 0 Å². The van der Waals surface area contributed by atoms with Crippen LogP contribution >= 0.6 is 11.6 Å². The highest BCUT2D eigenvalue weighted by Gasteiger charge is 2.10. The first-order valence-electron chi connectivity index (χ1n) is 6.36. The summed E-state index contributed by atoms with van der Waals surface area (Å²) >= 11 is 6.15. The molecule has 0 aliphatic rings. The minimum Gasteiger partial charge on any atom is -0.497 e. The van der Waals surface area contributed by atoms with E-state index >= 15 is 0 Å². The van der Waals surface area contributed by atoms with Crippen LogP contribution in [0.4, 0.5) is 0 Å². The number of ether oxygens (including phenoxy) is 2. The van der Waals surface area contributed by atoms with Gasteiger partial charge in [-0.25, -0.2) is 9.97 Å². The quantitative estimate of drug-likeness (QED) is 0.628. The van der Waals surface area contributed by atoms with Gasteiger partial charge in [0.25, 0.3) is 0 Å². The normalized spacial score (nSPS) is 10.2. The van der Waals surface area contributed by atoms with E-state index in [1.807, 2.05) is 24.3 Å². The number of benzene rings is 1. The van der Waals surface area contributed by atoms with Gasteiger partial charge in [-0.3, -0.25) is 4.79 Å². The summed E-state index contributed by atoms with van der Waals surface area (Å²) in [6.07, 6.45) is 2.33. The lowest BCUT2D eigenvalue weighted by Gasteiger charge is -2.06. The molecule has 1 heterocycles. The average Bonchev–Trinajstić information content (AvgIpc) is 2.53. The Labute approximate surface area is 127 Å². The van der Waals surface area contributed by atoms with Crippen molar-refractivity contribution in [3.05, 3.63) is 41.2 Å². The number of esters is 1. The van der Waals surface area contributed by atoms with E-state index in [0.717, 1.165) is 11.3 Å². The summed E-state index contributed by atoms with van der Waals surface area (Å²) in [7, 11) is 2.95. The number of aromatic nitrogens is 2. The van der Waals surface area contributed by atoms with Crippen LogP contribution in [0.2, 0.25) is 5.15 Å². The van der Waals surface area contributed by atoms with Crippen molar-refractivity contribution >= 4 is 17.6 Å². The maximum Gasteiger partial charge on any atom is 0.305 e. The number of carbonyl (C=O) groups excluding carboxylic acids is 1. The van der Waals surface area contributed by atoms with Crippen molar-refractivity contribution in [1.29, 1.82) is 0 Å². The monoisotopic (exact) mass is 306 g/mol. The molecule has 0 spiro atoms. The lowest BCUT2D eigenvalue weighted by atomic mass is 10.1. The maximum atomic E-state index is 11.1. The highest BCUT2D eigenvalue weighted by atomic mass is 35.5. The number of aryl methyl sites for hydroxylation is 1. The van der Waals surface area contributed by atoms with Crippen LogP contribution in [-0.2, 0) is 16.0 Å². The lowest BCUT2D eigenvalue weighted by molar-refractivity contribution is -0.140. The van der Waals surface area contributed by atoms with Gasteiger partial charge in [0.15, 0.2) is 5.82 Å². The predicted molar refractivity (Wildman–Crippen MR) is 79.4 cm³/mol. The van der Waals surface area contributed by atoms with Gasteiger partial charge in [-0.15, -0.1) is 0 Å². The maximum absolute atomic E-state index is 11.1. The fourth-order valence-electron chi connectivity index (χ4n) is 1.79. The van der Waals surface area contributed by atoms with Crippen molar-refractivity contribution in [1.82, 2.24) is 9.97 Å². The molecule has 2 aromatic rings. The molecule has 1 aromatic carbocycles. The van der Waals surface area contributed by atoms with Gasteiger partial charge in [0.2, 0.25) is 0 Å². The van der Waals surface area contributed by atoms with Crippen LogP contribution in [-0.4, -0.2) is 30.2 Å². The van der Waals surface area contributed by atoms with Gasteiger partial charge < -0.3 is 9.47 Å². The SMILES string of the molecule is COC(=O)CCc1cnc(-c2cccc(OC)c2)nc1Cl. The Balaban J connectivity index is 2.20. The molecule has 5 nitrogen and oxygen atoms in total. The van der Waals surface area contributed by atoms with Crippen molar-refractivity contribution in [2.75, 3.05) is 14.2 Å². The minimum absolute atomic E-state index is 0.248. The van der Waals surface area contributed by atoms with Gasteiger partial charge in [-0.2, -0.15) is 0 Å². The molecule has 0 saturated carbocycles. The third-order valence-electron chi connectivity index (χ3n) is 2.97. The molecule has 0 N–H and O–H groups in total. The second-order valence-electron chi connectivity index (χ2n) is 4.32. The van der Waals surface area contributed by atoms with Crippen molar-refractivity contribution in [3.8, 4) is 17.1 Å². The summed E-state index contributed by atoms with van der Waals surface area (Å²) in [5.74, 6) is 0.950. The fraction of sp³-hybridized carbons (Fsp3) is 0.267. The zero-order chi connectivity index (χ0) is 15.2. The van der Waals surface area contributed by atoms with Gasteiger partial charge in [0.1, 0.15) is 10.9 Å². The fourth-order valence-corrected chi connectivity index (χ4v) is 2.02. The Morgan fingerprint density at radius 3 is 2.81 bits per heavy atom. The van der Waals surface area contributed by atoms with Crippen molar-refractivity contribution in [3.63, 3.8) is 0 Å². The van der Waals surface area contributed by atoms with E-state index in [9.17, 15) is 4.79 Å². The first-order chi connectivity index (χ1) is 10.1. The molecule has 0 amide bonds. The van der Waals surface area contributed by atoms with Gasteiger partial charge in [-0.1, -0.05) is 23.7 Å². The van der Waals surface area contributed by atoms with Crippen molar-refractivity contribution in [2.24, 2.45) is 0 Å². The van der Waals surface area contributed by atoms with Crippen molar-refractivity contribution in [2.45, 2.75) is 12.8 Å². The smallest absolute Gasteiger partial charge is 0.305 e. The number of methoxy groups -OCH3 is 2. The second kappa shape index (κ2) is 7.04. The third-order valence-corrected chi connectivity index (χ3v) is 3.29. The summed E-state index contributed by atoms with van der Waals surface area (Å²) in [5, 5.41) is 0.340. The zero-order valence-corrected chi connectivity index (χ0v) is 12.6. The second-order valence-corrected chi connectivity index (χ2v) is 4.68. The molecule has 6 heteroatoms. The van der Waals surface area contributed by atoms with Gasteiger partial charge in [0, 0.05) is 23.7 Å². The molecule has 0 unspecified atom stereocenters. The standard InChI is InChI=1S/C15H15ClN2O3/c1-20-12-5-3-4-10(8-12)15-17-9-11(14(16)18-15)6-7-13(19)21-2/h3-5,8-9H,6-7H2,1-2H3. The molecule has 0 bridgehead atoms. The van der Waals surface area contributed by atoms with Crippen LogP contribution in [0, 0.1) is 0 Å². The van der Waals surface area contributed by atoms with E-state index in [0.29, 0.717) is 23.0 Å². The molecule has 1 aromatic heterocycles. The number of halogens is 1. The zero-order valence-electron chi connectivity index (χ0n) is 11.8. The van der Waals surface area contributed by atoms with Crippen molar-refractivity contribution < 1.29 is 14.3 Å². The molecule has 0 atom stereocenters. The summed E-state index contributed by atoms with van der Waals surface area (Å²) in [6.45, 7) is 0. The van der Waals surface area contributed by atoms with Crippen LogP contribution in [0.5, 0.6) is 5.75 Å². The van der Waals surface area contributed by atoms with Gasteiger partial charge >= 0.3 is 5.97 Å². The first-order valence-corrected chi connectivity index (χ1v) is 6.74. The number of hydrogen-bond donors (Lipinski definition) is 0. The Kier molecular flexibility index (Phi) is 5.11. The summed E-state index contributed by atoms with van der Waals surface area (Å²) in [5.41, 5.74) is 1.53. The number of hydrogen-bond acceptors (Lipinski definition) is 5. The molecule has 0 radical (unpaired) electrons. The van der Waals surface area contributed by atoms with E-state index < -0.39 is 0 Å². The number of carbonyl (C=O) groups is 1. The molecule has 2 rings (SSSR count). The van der Waals surface area contributed by atoms with E-state index in [2.05, 4.69) is 14.7 Å². The molecule has 0 fully saturated rings. The molecule has 0 aliphatic heterocycles. The molecular weight excluding hydrogens is 292 g/mol. The molecule has 110 valence electrons. The molecule has 0 aliphatic carbocycles. The minimum atomic E-state index is -0.289. The van der Waals surface area contributed by atoms with E-state index in [1.165, 1.54) is 7.11 Å². The van der Waals surface area contributed by atoms with E-state index in [1.54, 1.807) is 13.3 Å². The largest absolute Gasteiger partial charge is 0.497 e. The van der Waals surface area contributed by atoms with Gasteiger partial charge in [-0.05, 0) is 18.6 Å². The van der Waals surface area contributed by atoms with Crippen LogP contribution in [0.1, 0.15) is 12.0 Å². The average molecular weight is 307 g/mol. The third kappa shape index (κ3) is 3.92. The van der Waals surface area contributed by atoms with Crippen LogP contribution in [0.25, 0.3) is 11.4 Å². The Bertz CT molecular complexity index is 647. The number of rotatable bonds is 5. The summed E-state index contributed by atoms with van der Waals surface area (Å²) in [4.78, 5) is 19.7. The van der Waals surface area contributed by atoms with E-state index in [4.69, 9.17) is 16.3 Å². The molecule has 0 saturated heterocycles. The number of nitrogens with zero attached hydrogens (tertiary/aromatic N) is 2. The lowest BCUT2D eigenvalue weighted by Crippen LogP contribution is -2.03. The highest BCUT2D eigenvalue weighted by Crippen LogP contribution is 2.23.